The first-order chi connectivity index (χ1) is 11.1. The Labute approximate surface area is 142 Å². The molecule has 1 atom stereocenters. The van der Waals surface area contributed by atoms with E-state index in [1.165, 1.54) is 0 Å². The predicted molar refractivity (Wildman–Crippen MR) is 93.2 cm³/mol. The third kappa shape index (κ3) is 4.18. The van der Waals surface area contributed by atoms with Crippen molar-refractivity contribution in [3.05, 3.63) is 23.9 Å². The number of carbonyl (C=O) groups is 1. The molecular formula is C17H25N3O2S. The molecule has 3 rings (SSSR count). The van der Waals surface area contributed by atoms with Gasteiger partial charge >= 0.3 is 0 Å². The number of likely N-dealkylation sites (tertiary alicyclic amines) is 1. The van der Waals surface area contributed by atoms with Gasteiger partial charge < -0.3 is 14.5 Å². The van der Waals surface area contributed by atoms with E-state index in [4.69, 9.17) is 4.74 Å². The molecule has 0 bridgehead atoms. The van der Waals surface area contributed by atoms with Gasteiger partial charge in [0.1, 0.15) is 6.10 Å². The van der Waals surface area contributed by atoms with Gasteiger partial charge in [0.15, 0.2) is 0 Å². The molecule has 0 spiro atoms. The number of amides is 1. The van der Waals surface area contributed by atoms with Gasteiger partial charge in [0.25, 0.3) is 5.91 Å². The molecule has 2 aliphatic heterocycles. The van der Waals surface area contributed by atoms with E-state index >= 15 is 0 Å². The number of hydrogen-bond acceptors (Lipinski definition) is 5. The maximum atomic E-state index is 12.7. The summed E-state index contributed by atoms with van der Waals surface area (Å²) in [5.74, 6) is 2.82. The van der Waals surface area contributed by atoms with E-state index in [1.807, 2.05) is 16.7 Å². The van der Waals surface area contributed by atoms with Crippen molar-refractivity contribution >= 4 is 17.7 Å². The molecule has 3 heterocycles. The lowest BCUT2D eigenvalue weighted by atomic mass is 10.0. The largest absolute Gasteiger partial charge is 0.473 e. The minimum Gasteiger partial charge on any atom is -0.473 e. The minimum absolute atomic E-state index is 0.0928. The highest BCUT2D eigenvalue weighted by Gasteiger charge is 2.25. The molecule has 23 heavy (non-hydrogen) atoms. The van der Waals surface area contributed by atoms with Crippen molar-refractivity contribution < 1.29 is 9.53 Å². The van der Waals surface area contributed by atoms with Crippen molar-refractivity contribution in [3.8, 4) is 5.88 Å². The third-order valence-electron chi connectivity index (χ3n) is 4.64. The highest BCUT2D eigenvalue weighted by Crippen LogP contribution is 2.23. The molecule has 2 aliphatic rings. The standard InChI is InChI=1S/C17H25N3O2S/c1-19(2)14-4-8-20(9-5-14)17(21)13-3-7-18-16(11-13)22-15-6-10-23-12-15/h3,7,11,14-15H,4-6,8-10,12H2,1-2H3. The quantitative estimate of drug-likeness (QED) is 0.843. The van der Waals surface area contributed by atoms with E-state index in [2.05, 4.69) is 24.0 Å². The number of hydrogen-bond donors (Lipinski definition) is 0. The average molecular weight is 335 g/mol. The maximum Gasteiger partial charge on any atom is 0.254 e. The van der Waals surface area contributed by atoms with Crippen molar-refractivity contribution in [1.82, 2.24) is 14.8 Å². The number of aromatic nitrogens is 1. The van der Waals surface area contributed by atoms with E-state index in [-0.39, 0.29) is 12.0 Å². The van der Waals surface area contributed by atoms with Gasteiger partial charge in [-0.05, 0) is 45.2 Å². The molecule has 1 amide bonds. The van der Waals surface area contributed by atoms with Crippen molar-refractivity contribution in [1.29, 1.82) is 0 Å². The summed E-state index contributed by atoms with van der Waals surface area (Å²) in [7, 11) is 4.21. The molecule has 5 nitrogen and oxygen atoms in total. The topological polar surface area (TPSA) is 45.7 Å². The van der Waals surface area contributed by atoms with Crippen LogP contribution in [0.25, 0.3) is 0 Å². The molecule has 2 fully saturated rings. The molecule has 0 radical (unpaired) electrons. The summed E-state index contributed by atoms with van der Waals surface area (Å²) in [6.07, 6.45) is 5.03. The lowest BCUT2D eigenvalue weighted by Crippen LogP contribution is -2.44. The minimum atomic E-state index is 0.0928. The SMILES string of the molecule is CN(C)C1CCN(C(=O)c2ccnc(OC3CCSC3)c2)CC1. The second-order valence-electron chi connectivity index (χ2n) is 6.47. The van der Waals surface area contributed by atoms with Crippen LogP contribution < -0.4 is 4.74 Å². The summed E-state index contributed by atoms with van der Waals surface area (Å²) in [6.45, 7) is 1.64. The van der Waals surface area contributed by atoms with E-state index < -0.39 is 0 Å². The van der Waals surface area contributed by atoms with Crippen LogP contribution in [0, 0.1) is 0 Å². The predicted octanol–water partition coefficient (Wildman–Crippen LogP) is 2.13. The van der Waals surface area contributed by atoms with Gasteiger partial charge in [0.2, 0.25) is 5.88 Å². The summed E-state index contributed by atoms with van der Waals surface area (Å²) in [4.78, 5) is 21.1. The zero-order chi connectivity index (χ0) is 16.2. The molecule has 0 aliphatic carbocycles. The van der Waals surface area contributed by atoms with Crippen LogP contribution in [0.4, 0.5) is 0 Å². The van der Waals surface area contributed by atoms with Crippen LogP contribution in [-0.4, -0.2) is 71.5 Å². The second-order valence-corrected chi connectivity index (χ2v) is 7.62. The lowest BCUT2D eigenvalue weighted by Gasteiger charge is -2.35. The first kappa shape index (κ1) is 16.6. The Morgan fingerprint density at radius 2 is 2.13 bits per heavy atom. The van der Waals surface area contributed by atoms with Crippen LogP contribution in [-0.2, 0) is 0 Å². The molecule has 1 aromatic heterocycles. The van der Waals surface area contributed by atoms with Crippen LogP contribution in [0.2, 0.25) is 0 Å². The summed E-state index contributed by atoms with van der Waals surface area (Å²) in [5, 5.41) is 0. The summed E-state index contributed by atoms with van der Waals surface area (Å²) in [5.41, 5.74) is 0.684. The van der Waals surface area contributed by atoms with E-state index in [9.17, 15) is 4.79 Å². The molecule has 6 heteroatoms. The Bertz CT molecular complexity index is 538. The number of piperidine rings is 1. The molecule has 0 aromatic carbocycles. The summed E-state index contributed by atoms with van der Waals surface area (Å²) in [6, 6.07) is 4.16. The Hall–Kier alpha value is -1.27. The van der Waals surface area contributed by atoms with E-state index in [0.29, 0.717) is 17.5 Å². The van der Waals surface area contributed by atoms with Gasteiger partial charge in [-0.15, -0.1) is 0 Å². The van der Waals surface area contributed by atoms with E-state index in [0.717, 1.165) is 43.9 Å². The molecule has 1 unspecified atom stereocenters. The fourth-order valence-electron chi connectivity index (χ4n) is 3.15. The monoisotopic (exact) mass is 335 g/mol. The number of pyridine rings is 1. The van der Waals surface area contributed by atoms with Crippen molar-refractivity contribution in [3.63, 3.8) is 0 Å². The Balaban J connectivity index is 1.61. The van der Waals surface area contributed by atoms with Crippen LogP contribution in [0.3, 0.4) is 0 Å². The van der Waals surface area contributed by atoms with Gasteiger partial charge in [-0.2, -0.15) is 11.8 Å². The molecule has 0 saturated carbocycles. The number of nitrogens with zero attached hydrogens (tertiary/aromatic N) is 3. The normalized spacial score (nSPS) is 22.6. The Kier molecular flexibility index (Phi) is 5.43. The number of rotatable bonds is 4. The van der Waals surface area contributed by atoms with E-state index in [1.54, 1.807) is 18.3 Å². The molecule has 0 N–H and O–H groups in total. The Morgan fingerprint density at radius 1 is 1.35 bits per heavy atom. The van der Waals surface area contributed by atoms with Crippen LogP contribution in [0.5, 0.6) is 5.88 Å². The second kappa shape index (κ2) is 7.53. The first-order valence-electron chi connectivity index (χ1n) is 8.29. The number of ether oxygens (including phenoxy) is 1. The van der Waals surface area contributed by atoms with Crippen molar-refractivity contribution in [2.45, 2.75) is 31.4 Å². The van der Waals surface area contributed by atoms with Crippen molar-refractivity contribution in [2.24, 2.45) is 0 Å². The van der Waals surface area contributed by atoms with Gasteiger partial charge in [0, 0.05) is 42.7 Å². The summed E-state index contributed by atoms with van der Waals surface area (Å²) < 4.78 is 5.89. The molecular weight excluding hydrogens is 310 g/mol. The fourth-order valence-corrected chi connectivity index (χ4v) is 4.25. The van der Waals surface area contributed by atoms with Gasteiger partial charge in [-0.25, -0.2) is 4.98 Å². The number of thioether (sulfide) groups is 1. The fraction of sp³-hybridized carbons (Fsp3) is 0.647. The molecule has 126 valence electrons. The highest BCUT2D eigenvalue weighted by molar-refractivity contribution is 7.99. The maximum absolute atomic E-state index is 12.7. The molecule has 2 saturated heterocycles. The van der Waals surface area contributed by atoms with Crippen LogP contribution in [0.1, 0.15) is 29.6 Å². The third-order valence-corrected chi connectivity index (χ3v) is 5.77. The smallest absolute Gasteiger partial charge is 0.254 e. The van der Waals surface area contributed by atoms with Gasteiger partial charge in [-0.3, -0.25) is 4.79 Å². The lowest BCUT2D eigenvalue weighted by molar-refractivity contribution is 0.0662. The zero-order valence-corrected chi connectivity index (χ0v) is 14.7. The van der Waals surface area contributed by atoms with Gasteiger partial charge in [-0.1, -0.05) is 0 Å². The summed E-state index contributed by atoms with van der Waals surface area (Å²) >= 11 is 1.91. The highest BCUT2D eigenvalue weighted by atomic mass is 32.2. The average Bonchev–Trinajstić information content (AvgIpc) is 3.07. The first-order valence-corrected chi connectivity index (χ1v) is 9.45. The van der Waals surface area contributed by atoms with Gasteiger partial charge in [0.05, 0.1) is 0 Å². The molecule has 1 aromatic rings. The van der Waals surface area contributed by atoms with Crippen LogP contribution in [0.15, 0.2) is 18.3 Å². The Morgan fingerprint density at radius 3 is 2.78 bits per heavy atom. The number of carbonyl (C=O) groups excluding carboxylic acids is 1. The van der Waals surface area contributed by atoms with Crippen molar-refractivity contribution in [2.75, 3.05) is 38.7 Å². The zero-order valence-electron chi connectivity index (χ0n) is 13.9. The van der Waals surface area contributed by atoms with Crippen LogP contribution >= 0.6 is 11.8 Å².